The van der Waals surface area contributed by atoms with Gasteiger partial charge in [0, 0.05) is 7.26 Å². The fourth-order valence-electron chi connectivity index (χ4n) is 12.2. The SMILES string of the molecule is CCCCCCCCCCCCCCCCCCCCCCCCCCCCCCCCCCCC[P+](C1CCCCC1)(C1CCCCC1)C1CCCCC1. The van der Waals surface area contributed by atoms with Crippen molar-refractivity contribution in [2.45, 2.75) is 339 Å². The fourth-order valence-corrected chi connectivity index (χ4v) is 19.9. The Kier molecular flexibility index (Phi) is 32.9. The quantitative estimate of drug-likeness (QED) is 0.0432. The minimum atomic E-state index is -0.827. The van der Waals surface area contributed by atoms with Crippen LogP contribution in [0.3, 0.4) is 0 Å². The molecule has 0 saturated heterocycles. The van der Waals surface area contributed by atoms with E-state index in [2.05, 4.69) is 6.92 Å². The highest BCUT2D eigenvalue weighted by Gasteiger charge is 2.56. The van der Waals surface area contributed by atoms with E-state index in [0.717, 1.165) is 0 Å². The molecule has 55 heavy (non-hydrogen) atoms. The molecule has 0 spiro atoms. The first-order valence-electron chi connectivity index (χ1n) is 27.2. The van der Waals surface area contributed by atoms with Crippen LogP contribution in [0, 0.1) is 0 Å². The highest BCUT2D eigenvalue weighted by atomic mass is 31.2. The van der Waals surface area contributed by atoms with Gasteiger partial charge in [-0.2, -0.15) is 0 Å². The lowest BCUT2D eigenvalue weighted by molar-refractivity contribution is 0.449. The summed E-state index contributed by atoms with van der Waals surface area (Å²) in [6, 6.07) is 0. The summed E-state index contributed by atoms with van der Waals surface area (Å²) in [4.78, 5) is 0. The Morgan fingerprint density at radius 3 is 0.618 bits per heavy atom. The second-order valence-electron chi connectivity index (χ2n) is 20.3. The van der Waals surface area contributed by atoms with Crippen molar-refractivity contribution < 1.29 is 0 Å². The molecule has 1 heteroatoms. The summed E-state index contributed by atoms with van der Waals surface area (Å²) in [5.74, 6) is 0. The normalized spacial score (nSPS) is 18.1. The molecule has 3 aliphatic carbocycles. The average Bonchev–Trinajstić information content (AvgIpc) is 3.23. The van der Waals surface area contributed by atoms with Crippen molar-refractivity contribution in [1.82, 2.24) is 0 Å². The Labute approximate surface area is 350 Å². The molecule has 3 fully saturated rings. The predicted molar refractivity (Wildman–Crippen MR) is 255 cm³/mol. The third-order valence-corrected chi connectivity index (χ3v) is 22.4. The zero-order valence-corrected chi connectivity index (χ0v) is 39.4. The van der Waals surface area contributed by atoms with E-state index in [4.69, 9.17) is 0 Å². The standard InChI is InChI=1S/C54H106P/c1-2-3-4-5-6-7-8-9-10-11-12-13-14-15-16-17-18-19-20-21-22-23-24-25-26-27-28-29-30-31-32-33-34-44-51-55(52-45-38-35-39-46-52,53-47-40-36-41-48-53)54-49-42-37-43-50-54/h52-54H,2-51H2,1H3/q+1. The Bertz CT molecular complexity index is 725. The van der Waals surface area contributed by atoms with Gasteiger partial charge in [0.1, 0.15) is 0 Å². The van der Waals surface area contributed by atoms with Crippen LogP contribution in [0.15, 0.2) is 0 Å². The minimum Gasteiger partial charge on any atom is -0.0654 e. The van der Waals surface area contributed by atoms with Gasteiger partial charge in [-0.1, -0.05) is 232 Å². The van der Waals surface area contributed by atoms with Crippen LogP contribution in [0.2, 0.25) is 0 Å². The molecule has 0 nitrogen and oxygen atoms in total. The fraction of sp³-hybridized carbons (Fsp3) is 1.00. The highest BCUT2D eigenvalue weighted by Crippen LogP contribution is 2.77. The summed E-state index contributed by atoms with van der Waals surface area (Å²) in [7, 11) is -0.827. The van der Waals surface area contributed by atoms with E-state index < -0.39 is 7.26 Å². The average molecular weight is 786 g/mol. The number of hydrogen-bond donors (Lipinski definition) is 0. The lowest BCUT2D eigenvalue weighted by Crippen LogP contribution is -2.37. The van der Waals surface area contributed by atoms with Crippen molar-refractivity contribution in [1.29, 1.82) is 0 Å². The molecule has 3 aliphatic rings. The monoisotopic (exact) mass is 786 g/mol. The minimum absolute atomic E-state index is 0.827. The molecule has 0 radical (unpaired) electrons. The third-order valence-electron chi connectivity index (χ3n) is 15.7. The third kappa shape index (κ3) is 23.7. The molecule has 0 aromatic rings. The maximum Gasteiger partial charge on any atom is 0.0703 e. The summed E-state index contributed by atoms with van der Waals surface area (Å²) >= 11 is 0. The van der Waals surface area contributed by atoms with Gasteiger partial charge in [0.15, 0.2) is 0 Å². The molecule has 0 aliphatic heterocycles. The summed E-state index contributed by atoms with van der Waals surface area (Å²) in [5.41, 5.74) is 3.59. The molecule has 0 aromatic carbocycles. The van der Waals surface area contributed by atoms with Gasteiger partial charge in [0.05, 0.1) is 23.1 Å². The maximum atomic E-state index is 2.32. The molecule has 0 bridgehead atoms. The van der Waals surface area contributed by atoms with Crippen molar-refractivity contribution in [3.63, 3.8) is 0 Å². The number of hydrogen-bond acceptors (Lipinski definition) is 0. The first-order valence-corrected chi connectivity index (χ1v) is 29.4. The molecular weight excluding hydrogens is 680 g/mol. The van der Waals surface area contributed by atoms with Crippen molar-refractivity contribution in [2.75, 3.05) is 6.16 Å². The van der Waals surface area contributed by atoms with E-state index in [9.17, 15) is 0 Å². The first-order chi connectivity index (χ1) is 27.4. The van der Waals surface area contributed by atoms with E-state index >= 15 is 0 Å². The van der Waals surface area contributed by atoms with E-state index in [1.807, 2.05) is 0 Å². The van der Waals surface area contributed by atoms with Crippen LogP contribution in [0.4, 0.5) is 0 Å². The van der Waals surface area contributed by atoms with Crippen LogP contribution in [-0.2, 0) is 0 Å². The van der Waals surface area contributed by atoms with Crippen LogP contribution < -0.4 is 0 Å². The van der Waals surface area contributed by atoms with Gasteiger partial charge < -0.3 is 0 Å². The lowest BCUT2D eigenvalue weighted by atomic mass is 9.99. The zero-order valence-electron chi connectivity index (χ0n) is 38.5. The summed E-state index contributed by atoms with van der Waals surface area (Å²) < 4.78 is 0. The maximum absolute atomic E-state index is 2.32. The van der Waals surface area contributed by atoms with Crippen LogP contribution in [0.1, 0.15) is 322 Å². The highest BCUT2D eigenvalue weighted by molar-refractivity contribution is 7.77. The Hall–Kier alpha value is 0.430. The van der Waals surface area contributed by atoms with Gasteiger partial charge in [-0.15, -0.1) is 0 Å². The molecule has 3 rings (SSSR count). The van der Waals surface area contributed by atoms with Crippen molar-refractivity contribution in [3.05, 3.63) is 0 Å². The topological polar surface area (TPSA) is 0 Å². The molecule has 326 valence electrons. The van der Waals surface area contributed by atoms with E-state index in [1.54, 1.807) is 122 Å². The van der Waals surface area contributed by atoms with Gasteiger partial charge >= 0.3 is 0 Å². The molecule has 0 N–H and O–H groups in total. The second-order valence-corrected chi connectivity index (χ2v) is 24.9. The van der Waals surface area contributed by atoms with Crippen LogP contribution in [0.5, 0.6) is 0 Å². The van der Waals surface area contributed by atoms with Gasteiger partial charge in [0.2, 0.25) is 0 Å². The van der Waals surface area contributed by atoms with E-state index in [0.29, 0.717) is 0 Å². The van der Waals surface area contributed by atoms with Crippen LogP contribution >= 0.6 is 7.26 Å². The lowest BCUT2D eigenvalue weighted by Gasteiger charge is -2.49. The molecule has 3 saturated carbocycles. The zero-order chi connectivity index (χ0) is 38.6. The Morgan fingerprint density at radius 1 is 0.236 bits per heavy atom. The molecule has 0 unspecified atom stereocenters. The first kappa shape index (κ1) is 49.8. The smallest absolute Gasteiger partial charge is 0.0654 e. The molecule has 0 heterocycles. The van der Waals surface area contributed by atoms with Gasteiger partial charge in [-0.05, 0) is 89.9 Å². The number of unbranched alkanes of at least 4 members (excludes halogenated alkanes) is 33. The van der Waals surface area contributed by atoms with Crippen LogP contribution in [0.25, 0.3) is 0 Å². The number of rotatable bonds is 38. The summed E-state index contributed by atoms with van der Waals surface area (Å²) in [5, 5.41) is 0. The molecule has 0 amide bonds. The van der Waals surface area contributed by atoms with Crippen molar-refractivity contribution >= 4 is 7.26 Å². The van der Waals surface area contributed by atoms with E-state index in [1.165, 1.54) is 216 Å². The van der Waals surface area contributed by atoms with Gasteiger partial charge in [-0.3, -0.25) is 0 Å². The van der Waals surface area contributed by atoms with Gasteiger partial charge in [0.25, 0.3) is 0 Å². The Morgan fingerprint density at radius 2 is 0.418 bits per heavy atom. The molecule has 0 atom stereocenters. The second kappa shape index (κ2) is 36.3. The Balaban J connectivity index is 1.03. The van der Waals surface area contributed by atoms with Crippen molar-refractivity contribution in [3.8, 4) is 0 Å². The van der Waals surface area contributed by atoms with E-state index in [-0.39, 0.29) is 0 Å². The van der Waals surface area contributed by atoms with Gasteiger partial charge in [-0.25, -0.2) is 0 Å². The van der Waals surface area contributed by atoms with Crippen LogP contribution in [-0.4, -0.2) is 23.1 Å². The largest absolute Gasteiger partial charge is 0.0703 e. The van der Waals surface area contributed by atoms with Crippen molar-refractivity contribution in [2.24, 2.45) is 0 Å². The predicted octanol–water partition coefficient (Wildman–Crippen LogP) is 20.3. The molecular formula is C54H106P+. The summed E-state index contributed by atoms with van der Waals surface area (Å²) in [6.07, 6.45) is 76.7. The summed E-state index contributed by atoms with van der Waals surface area (Å²) in [6.45, 7) is 2.32. The molecule has 0 aromatic heterocycles.